The van der Waals surface area contributed by atoms with Crippen LogP contribution in [0.1, 0.15) is 19.8 Å². The molecular weight excluding hydrogens is 242 g/mol. The second-order valence-corrected chi connectivity index (χ2v) is 4.90. The van der Waals surface area contributed by atoms with E-state index in [0.717, 1.165) is 37.3 Å². The summed E-state index contributed by atoms with van der Waals surface area (Å²) in [6.07, 6.45) is 7.46. The van der Waals surface area contributed by atoms with Gasteiger partial charge in [-0.15, -0.1) is 0 Å². The van der Waals surface area contributed by atoms with E-state index in [1.807, 2.05) is 16.8 Å². The third-order valence-corrected chi connectivity index (χ3v) is 3.43. The molecule has 100 valence electrons. The topological polar surface area (TPSA) is 62.5 Å². The molecule has 1 aliphatic heterocycles. The molecule has 0 radical (unpaired) electrons. The van der Waals surface area contributed by atoms with Gasteiger partial charge in [-0.05, 0) is 18.9 Å². The van der Waals surface area contributed by atoms with Gasteiger partial charge in [0.1, 0.15) is 5.52 Å². The molecule has 0 aliphatic carbocycles. The van der Waals surface area contributed by atoms with Gasteiger partial charge in [-0.2, -0.15) is 5.10 Å². The van der Waals surface area contributed by atoms with Crippen LogP contribution >= 0.6 is 0 Å². The third kappa shape index (κ3) is 2.38. The number of carbonyl (C=O) groups is 1. The Hall–Kier alpha value is -2.11. The molecule has 1 unspecified atom stereocenters. The van der Waals surface area contributed by atoms with E-state index in [1.54, 1.807) is 19.3 Å². The molecule has 1 fully saturated rings. The van der Waals surface area contributed by atoms with Crippen molar-refractivity contribution in [3.8, 4) is 0 Å². The molecule has 6 heteroatoms. The number of aromatic nitrogens is 3. The summed E-state index contributed by atoms with van der Waals surface area (Å²) in [6, 6.07) is 2.17. The van der Waals surface area contributed by atoms with Crippen molar-refractivity contribution in [3.63, 3.8) is 0 Å². The number of anilines is 1. The van der Waals surface area contributed by atoms with Crippen LogP contribution in [0.15, 0.2) is 24.7 Å². The fraction of sp³-hybridized carbons (Fsp3) is 0.462. The Morgan fingerprint density at radius 1 is 1.47 bits per heavy atom. The van der Waals surface area contributed by atoms with Gasteiger partial charge >= 0.3 is 0 Å². The fourth-order valence-electron chi connectivity index (χ4n) is 2.66. The Bertz CT molecular complexity index is 593. The fourth-order valence-corrected chi connectivity index (χ4v) is 2.66. The van der Waals surface area contributed by atoms with E-state index in [9.17, 15) is 4.79 Å². The maximum atomic E-state index is 11.2. The monoisotopic (exact) mass is 259 g/mol. The minimum atomic E-state index is 0.0300. The molecule has 19 heavy (non-hydrogen) atoms. The normalized spacial score (nSPS) is 19.6. The largest absolute Gasteiger partial charge is 0.353 e. The number of fused-ring (bicyclic) bond motifs is 1. The first-order chi connectivity index (χ1) is 9.24. The van der Waals surface area contributed by atoms with Crippen molar-refractivity contribution in [3.05, 3.63) is 24.7 Å². The summed E-state index contributed by atoms with van der Waals surface area (Å²) in [6.45, 7) is 3.33. The van der Waals surface area contributed by atoms with Gasteiger partial charge in [0.15, 0.2) is 5.82 Å². The van der Waals surface area contributed by atoms with Crippen LogP contribution in [0.25, 0.3) is 5.52 Å². The molecule has 1 N–H and O–H groups in total. The first kappa shape index (κ1) is 12.0. The van der Waals surface area contributed by atoms with E-state index in [1.165, 1.54) is 0 Å². The number of nitrogens with one attached hydrogen (secondary N) is 1. The summed E-state index contributed by atoms with van der Waals surface area (Å²) < 4.78 is 1.82. The minimum absolute atomic E-state index is 0.0300. The zero-order valence-corrected chi connectivity index (χ0v) is 10.9. The molecule has 0 bridgehead atoms. The van der Waals surface area contributed by atoms with Crippen LogP contribution < -0.4 is 10.2 Å². The molecule has 0 spiro atoms. The SMILES string of the molecule is CC(=O)NC1CCCN(c2nccn3nccc23)C1. The highest BCUT2D eigenvalue weighted by molar-refractivity contribution is 5.73. The van der Waals surface area contributed by atoms with Crippen molar-refractivity contribution in [1.29, 1.82) is 0 Å². The molecule has 0 saturated carbocycles. The molecular formula is C13H17N5O. The Labute approximate surface area is 111 Å². The maximum absolute atomic E-state index is 11.2. The molecule has 2 aromatic heterocycles. The summed E-state index contributed by atoms with van der Waals surface area (Å²) in [4.78, 5) is 17.9. The first-order valence-corrected chi connectivity index (χ1v) is 6.54. The summed E-state index contributed by atoms with van der Waals surface area (Å²) in [5, 5.41) is 7.21. The van der Waals surface area contributed by atoms with Crippen LogP contribution in [0, 0.1) is 0 Å². The number of amides is 1. The Balaban J connectivity index is 1.85. The standard InChI is InChI=1S/C13H17N5O/c1-10(19)16-11-3-2-7-17(9-11)13-12-4-5-15-18(12)8-6-14-13/h4-6,8,11H,2-3,7,9H2,1H3,(H,16,19). The summed E-state index contributed by atoms with van der Waals surface area (Å²) in [5.74, 6) is 0.970. The van der Waals surface area contributed by atoms with Crippen LogP contribution in [0.2, 0.25) is 0 Å². The van der Waals surface area contributed by atoms with Gasteiger partial charge in [-0.3, -0.25) is 4.79 Å². The Kier molecular flexibility index (Phi) is 3.06. The lowest BCUT2D eigenvalue weighted by Crippen LogP contribution is -2.47. The van der Waals surface area contributed by atoms with Crippen LogP contribution in [-0.4, -0.2) is 39.6 Å². The molecule has 0 aromatic carbocycles. The highest BCUT2D eigenvalue weighted by atomic mass is 16.1. The van der Waals surface area contributed by atoms with Gasteiger partial charge in [-0.25, -0.2) is 9.50 Å². The molecule has 1 atom stereocenters. The van der Waals surface area contributed by atoms with Gasteiger partial charge in [0.25, 0.3) is 0 Å². The summed E-state index contributed by atoms with van der Waals surface area (Å²) in [7, 11) is 0. The number of rotatable bonds is 2. The summed E-state index contributed by atoms with van der Waals surface area (Å²) >= 11 is 0. The van der Waals surface area contributed by atoms with Crippen LogP contribution in [-0.2, 0) is 4.79 Å². The number of carbonyl (C=O) groups excluding carboxylic acids is 1. The van der Waals surface area contributed by atoms with Gasteiger partial charge in [0, 0.05) is 38.4 Å². The quantitative estimate of drug-likeness (QED) is 0.868. The second-order valence-electron chi connectivity index (χ2n) is 4.90. The average molecular weight is 259 g/mol. The molecule has 3 rings (SSSR count). The highest BCUT2D eigenvalue weighted by Crippen LogP contribution is 2.22. The lowest BCUT2D eigenvalue weighted by molar-refractivity contribution is -0.119. The number of nitrogens with zero attached hydrogens (tertiary/aromatic N) is 4. The van der Waals surface area contributed by atoms with Gasteiger partial charge < -0.3 is 10.2 Å². The Morgan fingerprint density at radius 3 is 3.21 bits per heavy atom. The number of hydrogen-bond acceptors (Lipinski definition) is 4. The second kappa shape index (κ2) is 4.87. The highest BCUT2D eigenvalue weighted by Gasteiger charge is 2.22. The molecule has 6 nitrogen and oxygen atoms in total. The van der Waals surface area contributed by atoms with E-state index >= 15 is 0 Å². The smallest absolute Gasteiger partial charge is 0.217 e. The Morgan fingerprint density at radius 2 is 2.37 bits per heavy atom. The van der Waals surface area contributed by atoms with E-state index in [4.69, 9.17) is 0 Å². The van der Waals surface area contributed by atoms with Crippen molar-refractivity contribution >= 4 is 17.2 Å². The van der Waals surface area contributed by atoms with Gasteiger partial charge in [0.2, 0.25) is 5.91 Å². The predicted molar refractivity (Wildman–Crippen MR) is 72.0 cm³/mol. The minimum Gasteiger partial charge on any atom is -0.353 e. The molecule has 2 aromatic rings. The number of hydrogen-bond donors (Lipinski definition) is 1. The zero-order valence-electron chi connectivity index (χ0n) is 10.9. The third-order valence-electron chi connectivity index (χ3n) is 3.43. The molecule has 1 aliphatic rings. The van der Waals surface area contributed by atoms with E-state index in [-0.39, 0.29) is 11.9 Å². The lowest BCUT2D eigenvalue weighted by atomic mass is 10.1. The van der Waals surface area contributed by atoms with Crippen molar-refractivity contribution in [2.45, 2.75) is 25.8 Å². The molecule has 1 amide bonds. The van der Waals surface area contributed by atoms with E-state index < -0.39 is 0 Å². The summed E-state index contributed by atoms with van der Waals surface area (Å²) in [5.41, 5.74) is 1.01. The van der Waals surface area contributed by atoms with Crippen molar-refractivity contribution in [2.24, 2.45) is 0 Å². The van der Waals surface area contributed by atoms with Crippen molar-refractivity contribution < 1.29 is 4.79 Å². The van der Waals surface area contributed by atoms with E-state index in [0.29, 0.717) is 0 Å². The molecule has 3 heterocycles. The van der Waals surface area contributed by atoms with Crippen LogP contribution in [0.5, 0.6) is 0 Å². The van der Waals surface area contributed by atoms with Crippen LogP contribution in [0.4, 0.5) is 5.82 Å². The van der Waals surface area contributed by atoms with E-state index in [2.05, 4.69) is 20.3 Å². The van der Waals surface area contributed by atoms with Crippen molar-refractivity contribution in [2.75, 3.05) is 18.0 Å². The molecule has 1 saturated heterocycles. The average Bonchev–Trinajstić information content (AvgIpc) is 2.86. The first-order valence-electron chi connectivity index (χ1n) is 6.54. The maximum Gasteiger partial charge on any atom is 0.217 e. The van der Waals surface area contributed by atoms with Gasteiger partial charge in [-0.1, -0.05) is 0 Å². The predicted octanol–water partition coefficient (Wildman–Crippen LogP) is 0.834. The zero-order chi connectivity index (χ0) is 13.2. The van der Waals surface area contributed by atoms with Crippen LogP contribution in [0.3, 0.4) is 0 Å². The lowest BCUT2D eigenvalue weighted by Gasteiger charge is -2.33. The van der Waals surface area contributed by atoms with Gasteiger partial charge in [0.05, 0.1) is 6.20 Å². The van der Waals surface area contributed by atoms with Crippen molar-refractivity contribution in [1.82, 2.24) is 19.9 Å². The number of piperidine rings is 1.